The van der Waals surface area contributed by atoms with Crippen LogP contribution in [0.1, 0.15) is 23.2 Å². The molecule has 0 aliphatic carbocycles. The first kappa shape index (κ1) is 15.8. The number of methoxy groups -OCH3 is 1. The number of halogens is 1. The number of hydrogen-bond acceptors (Lipinski definition) is 6. The molecular formula is C16H17ClN2O4. The van der Waals surface area contributed by atoms with E-state index in [-0.39, 0.29) is 17.6 Å². The first-order valence-electron chi connectivity index (χ1n) is 7.38. The van der Waals surface area contributed by atoms with Crippen LogP contribution in [0.4, 0.5) is 5.88 Å². The highest BCUT2D eigenvalue weighted by Gasteiger charge is 2.26. The van der Waals surface area contributed by atoms with E-state index >= 15 is 0 Å². The van der Waals surface area contributed by atoms with Crippen molar-refractivity contribution in [3.63, 3.8) is 0 Å². The average Bonchev–Trinajstić information content (AvgIpc) is 3.21. The van der Waals surface area contributed by atoms with E-state index in [2.05, 4.69) is 10.5 Å². The third kappa shape index (κ3) is 3.48. The van der Waals surface area contributed by atoms with Crippen LogP contribution in [-0.4, -0.2) is 37.5 Å². The quantitative estimate of drug-likeness (QED) is 0.844. The normalized spacial score (nSPS) is 17.2. The molecule has 1 fully saturated rings. The number of esters is 1. The summed E-state index contributed by atoms with van der Waals surface area (Å²) in [5.74, 6) is -0.238. The monoisotopic (exact) mass is 336 g/mol. The molecule has 3 rings (SSSR count). The lowest BCUT2D eigenvalue weighted by molar-refractivity contribution is 0.0601. The van der Waals surface area contributed by atoms with Gasteiger partial charge in [-0.3, -0.25) is 0 Å². The third-order valence-corrected chi connectivity index (χ3v) is 3.93. The fourth-order valence-electron chi connectivity index (χ4n) is 2.55. The average molecular weight is 337 g/mol. The molecule has 1 atom stereocenters. The van der Waals surface area contributed by atoms with Crippen molar-refractivity contribution in [2.24, 2.45) is 0 Å². The molecule has 0 unspecified atom stereocenters. The number of anilines is 1. The number of hydrogen-bond donors (Lipinski definition) is 1. The maximum Gasteiger partial charge on any atom is 0.345 e. The SMILES string of the molecule is COC(=O)c1c(-c2cccc(Cl)c2)noc1NC[C@H]1CCCO1. The highest BCUT2D eigenvalue weighted by Crippen LogP contribution is 2.31. The molecule has 0 spiro atoms. The fraction of sp³-hybridized carbons (Fsp3) is 0.375. The number of benzene rings is 1. The maximum absolute atomic E-state index is 12.1. The molecule has 0 saturated carbocycles. The van der Waals surface area contributed by atoms with Gasteiger partial charge in [0.15, 0.2) is 5.56 Å². The Labute approximate surface area is 138 Å². The van der Waals surface area contributed by atoms with Crippen molar-refractivity contribution >= 4 is 23.5 Å². The lowest BCUT2D eigenvalue weighted by Gasteiger charge is -2.10. The van der Waals surface area contributed by atoms with E-state index in [4.69, 9.17) is 25.6 Å². The van der Waals surface area contributed by atoms with Gasteiger partial charge >= 0.3 is 5.97 Å². The van der Waals surface area contributed by atoms with Crippen LogP contribution in [0.3, 0.4) is 0 Å². The molecule has 23 heavy (non-hydrogen) atoms. The molecule has 1 aromatic heterocycles. The van der Waals surface area contributed by atoms with Crippen molar-refractivity contribution in [1.82, 2.24) is 5.16 Å². The summed E-state index contributed by atoms with van der Waals surface area (Å²) in [6.45, 7) is 1.31. The zero-order chi connectivity index (χ0) is 16.2. The predicted octanol–water partition coefficient (Wildman–Crippen LogP) is 3.37. The van der Waals surface area contributed by atoms with E-state index in [1.165, 1.54) is 7.11 Å². The van der Waals surface area contributed by atoms with Crippen LogP contribution in [0, 0.1) is 0 Å². The first-order valence-corrected chi connectivity index (χ1v) is 7.76. The first-order chi connectivity index (χ1) is 11.2. The number of nitrogens with one attached hydrogen (secondary N) is 1. The summed E-state index contributed by atoms with van der Waals surface area (Å²) in [6, 6.07) is 7.06. The Balaban J connectivity index is 1.89. The van der Waals surface area contributed by atoms with Crippen molar-refractivity contribution in [2.45, 2.75) is 18.9 Å². The zero-order valence-electron chi connectivity index (χ0n) is 12.7. The molecular weight excluding hydrogens is 320 g/mol. The van der Waals surface area contributed by atoms with Gasteiger partial charge in [-0.15, -0.1) is 0 Å². The molecule has 0 radical (unpaired) electrons. The molecule has 1 N–H and O–H groups in total. The van der Waals surface area contributed by atoms with E-state index in [9.17, 15) is 4.79 Å². The number of ether oxygens (including phenoxy) is 2. The van der Waals surface area contributed by atoms with Crippen LogP contribution >= 0.6 is 11.6 Å². The Hall–Kier alpha value is -2.05. The van der Waals surface area contributed by atoms with Crippen LogP contribution in [0.2, 0.25) is 5.02 Å². The minimum Gasteiger partial charge on any atom is -0.465 e. The van der Waals surface area contributed by atoms with Gasteiger partial charge in [-0.25, -0.2) is 4.79 Å². The van der Waals surface area contributed by atoms with E-state index in [1.54, 1.807) is 24.3 Å². The summed E-state index contributed by atoms with van der Waals surface area (Å²) < 4.78 is 15.7. The summed E-state index contributed by atoms with van der Waals surface area (Å²) in [5, 5.41) is 7.64. The Morgan fingerprint density at radius 3 is 3.09 bits per heavy atom. The highest BCUT2D eigenvalue weighted by atomic mass is 35.5. The van der Waals surface area contributed by atoms with Crippen molar-refractivity contribution < 1.29 is 18.8 Å². The predicted molar refractivity (Wildman–Crippen MR) is 85.8 cm³/mol. The van der Waals surface area contributed by atoms with Crippen molar-refractivity contribution in [2.75, 3.05) is 25.6 Å². The van der Waals surface area contributed by atoms with Gasteiger partial charge in [0.1, 0.15) is 5.69 Å². The van der Waals surface area contributed by atoms with E-state index < -0.39 is 5.97 Å². The number of carbonyl (C=O) groups excluding carboxylic acids is 1. The summed E-state index contributed by atoms with van der Waals surface area (Å²) >= 11 is 6.01. The minimum atomic E-state index is -0.518. The number of aromatic nitrogens is 1. The van der Waals surface area contributed by atoms with Crippen molar-refractivity contribution in [1.29, 1.82) is 0 Å². The summed E-state index contributed by atoms with van der Waals surface area (Å²) in [7, 11) is 1.32. The lowest BCUT2D eigenvalue weighted by atomic mass is 10.1. The Kier molecular flexibility index (Phi) is 4.83. The van der Waals surface area contributed by atoms with E-state index in [0.717, 1.165) is 19.4 Å². The molecule has 7 heteroatoms. The number of carbonyl (C=O) groups is 1. The van der Waals surface area contributed by atoms with Crippen LogP contribution in [0.25, 0.3) is 11.3 Å². The smallest absolute Gasteiger partial charge is 0.345 e. The van der Waals surface area contributed by atoms with Gasteiger partial charge in [0, 0.05) is 23.7 Å². The largest absolute Gasteiger partial charge is 0.465 e. The van der Waals surface area contributed by atoms with Crippen LogP contribution in [-0.2, 0) is 9.47 Å². The second-order valence-electron chi connectivity index (χ2n) is 5.25. The second-order valence-corrected chi connectivity index (χ2v) is 5.69. The topological polar surface area (TPSA) is 73.6 Å². The molecule has 1 aliphatic heterocycles. The molecule has 1 aromatic carbocycles. The zero-order valence-corrected chi connectivity index (χ0v) is 13.4. The van der Waals surface area contributed by atoms with E-state index in [0.29, 0.717) is 22.8 Å². The Morgan fingerprint density at radius 1 is 1.52 bits per heavy atom. The molecule has 1 aliphatic rings. The van der Waals surface area contributed by atoms with Gasteiger partial charge in [0.2, 0.25) is 5.88 Å². The van der Waals surface area contributed by atoms with Gasteiger partial charge in [-0.1, -0.05) is 28.9 Å². The third-order valence-electron chi connectivity index (χ3n) is 3.69. The second kappa shape index (κ2) is 7.02. The standard InChI is InChI=1S/C16H17ClN2O4/c1-21-16(20)13-14(10-4-2-5-11(17)8-10)19-23-15(13)18-9-12-6-3-7-22-12/h2,4-5,8,12,18H,3,6-7,9H2,1H3/t12-/m1/s1. The molecule has 2 aromatic rings. The molecule has 6 nitrogen and oxygen atoms in total. The molecule has 122 valence electrons. The van der Waals surface area contributed by atoms with Crippen molar-refractivity contribution in [3.8, 4) is 11.3 Å². The van der Waals surface area contributed by atoms with Gasteiger partial charge in [-0.05, 0) is 25.0 Å². The summed E-state index contributed by atoms with van der Waals surface area (Å²) in [6.07, 6.45) is 2.14. The Bertz CT molecular complexity index is 695. The van der Waals surface area contributed by atoms with Gasteiger partial charge in [0.25, 0.3) is 0 Å². The van der Waals surface area contributed by atoms with Gasteiger partial charge in [-0.2, -0.15) is 0 Å². The van der Waals surface area contributed by atoms with Gasteiger partial charge in [0.05, 0.1) is 13.2 Å². The van der Waals surface area contributed by atoms with E-state index in [1.807, 2.05) is 0 Å². The number of nitrogens with zero attached hydrogens (tertiary/aromatic N) is 1. The number of rotatable bonds is 5. The van der Waals surface area contributed by atoms with Crippen LogP contribution in [0.15, 0.2) is 28.8 Å². The molecule has 1 saturated heterocycles. The van der Waals surface area contributed by atoms with Crippen molar-refractivity contribution in [3.05, 3.63) is 34.9 Å². The van der Waals surface area contributed by atoms with Gasteiger partial charge < -0.3 is 19.3 Å². The fourth-order valence-corrected chi connectivity index (χ4v) is 2.74. The van der Waals surface area contributed by atoms with Crippen LogP contribution < -0.4 is 5.32 Å². The lowest BCUT2D eigenvalue weighted by Crippen LogP contribution is -2.19. The van der Waals surface area contributed by atoms with Crippen LogP contribution in [0.5, 0.6) is 0 Å². The molecule has 0 amide bonds. The summed E-state index contributed by atoms with van der Waals surface area (Å²) in [4.78, 5) is 12.1. The summed E-state index contributed by atoms with van der Waals surface area (Å²) in [5.41, 5.74) is 1.34. The molecule has 2 heterocycles. The maximum atomic E-state index is 12.1. The minimum absolute atomic E-state index is 0.111. The highest BCUT2D eigenvalue weighted by molar-refractivity contribution is 6.30. The molecule has 0 bridgehead atoms. The Morgan fingerprint density at radius 2 is 2.39 bits per heavy atom.